The number of hydrogen-bond donors (Lipinski definition) is 1. The molecule has 0 spiro atoms. The molecule has 2 N–H and O–H groups in total. The minimum atomic E-state index is 0.726. The van der Waals surface area contributed by atoms with E-state index in [4.69, 9.17) is 10.5 Å². The van der Waals surface area contributed by atoms with Crippen molar-refractivity contribution in [1.29, 1.82) is 0 Å². The summed E-state index contributed by atoms with van der Waals surface area (Å²) in [5.74, 6) is 1.84. The molecule has 1 aromatic carbocycles. The Bertz CT molecular complexity index is 605. The molecule has 0 unspecified atom stereocenters. The number of fused-ring (bicyclic) bond motifs is 1. The number of nitrogens with zero attached hydrogens (tertiary/aromatic N) is 3. The summed E-state index contributed by atoms with van der Waals surface area (Å²) in [6, 6.07) is 8.05. The van der Waals surface area contributed by atoms with E-state index in [2.05, 4.69) is 16.1 Å². The van der Waals surface area contributed by atoms with Crippen LogP contribution < -0.4 is 15.4 Å². The van der Waals surface area contributed by atoms with Gasteiger partial charge < -0.3 is 15.4 Å². The van der Waals surface area contributed by atoms with Crippen molar-refractivity contribution in [3.05, 3.63) is 30.0 Å². The van der Waals surface area contributed by atoms with Crippen LogP contribution in [0, 0.1) is 6.92 Å². The van der Waals surface area contributed by atoms with E-state index in [-0.39, 0.29) is 0 Å². The minimum absolute atomic E-state index is 0.726. The van der Waals surface area contributed by atoms with Gasteiger partial charge in [0.05, 0.1) is 23.7 Å². The third-order valence-electron chi connectivity index (χ3n) is 3.43. The average molecular weight is 258 g/mol. The molecule has 0 fully saturated rings. The molecule has 1 aliphatic heterocycles. The van der Waals surface area contributed by atoms with Crippen molar-refractivity contribution in [3.8, 4) is 5.75 Å². The second kappa shape index (κ2) is 4.50. The van der Waals surface area contributed by atoms with Crippen molar-refractivity contribution in [2.75, 3.05) is 23.8 Å². The fourth-order valence-electron chi connectivity index (χ4n) is 2.53. The average Bonchev–Trinajstić information content (AvgIpc) is 2.58. The first-order valence-electron chi connectivity index (χ1n) is 6.47. The van der Waals surface area contributed by atoms with E-state index in [1.165, 1.54) is 0 Å². The Morgan fingerprint density at radius 3 is 2.84 bits per heavy atom. The van der Waals surface area contributed by atoms with Gasteiger partial charge in [0.1, 0.15) is 5.75 Å². The SMILES string of the molecule is Cc1nn(C)c(N2CCCOc3ccccc32)c1N. The number of hydrogen-bond acceptors (Lipinski definition) is 4. The number of nitrogens with two attached hydrogens (primary N) is 1. The van der Waals surface area contributed by atoms with Crippen LogP contribution in [-0.2, 0) is 7.05 Å². The number of rotatable bonds is 1. The molecule has 0 saturated heterocycles. The normalized spacial score (nSPS) is 14.7. The van der Waals surface area contributed by atoms with E-state index < -0.39 is 0 Å². The van der Waals surface area contributed by atoms with Crippen LogP contribution in [0.5, 0.6) is 5.75 Å². The lowest BCUT2D eigenvalue weighted by Crippen LogP contribution is -2.21. The van der Waals surface area contributed by atoms with Crippen molar-refractivity contribution in [3.63, 3.8) is 0 Å². The number of ether oxygens (including phenoxy) is 1. The first-order valence-corrected chi connectivity index (χ1v) is 6.47. The number of benzene rings is 1. The van der Waals surface area contributed by atoms with E-state index in [0.29, 0.717) is 0 Å². The molecule has 0 bridgehead atoms. The topological polar surface area (TPSA) is 56.3 Å². The minimum Gasteiger partial charge on any atom is -0.491 e. The summed E-state index contributed by atoms with van der Waals surface area (Å²) in [6.07, 6.45) is 0.957. The van der Waals surface area contributed by atoms with Gasteiger partial charge in [-0.1, -0.05) is 12.1 Å². The van der Waals surface area contributed by atoms with Crippen molar-refractivity contribution >= 4 is 17.2 Å². The Balaban J connectivity index is 2.14. The summed E-state index contributed by atoms with van der Waals surface area (Å²) < 4.78 is 7.61. The standard InChI is InChI=1S/C14H18N4O/c1-10-13(15)14(17(2)16-10)18-8-5-9-19-12-7-4-3-6-11(12)18/h3-4,6-7H,5,8-9,15H2,1-2H3. The zero-order valence-electron chi connectivity index (χ0n) is 11.3. The van der Waals surface area contributed by atoms with E-state index in [0.717, 1.165) is 48.2 Å². The second-order valence-corrected chi connectivity index (χ2v) is 4.77. The summed E-state index contributed by atoms with van der Waals surface area (Å²) in [7, 11) is 1.92. The van der Waals surface area contributed by atoms with E-state index >= 15 is 0 Å². The van der Waals surface area contributed by atoms with Gasteiger partial charge in [-0.3, -0.25) is 4.68 Å². The van der Waals surface area contributed by atoms with Gasteiger partial charge in [-0.25, -0.2) is 0 Å². The van der Waals surface area contributed by atoms with Crippen molar-refractivity contribution < 1.29 is 4.74 Å². The fourth-order valence-corrected chi connectivity index (χ4v) is 2.53. The van der Waals surface area contributed by atoms with Gasteiger partial charge in [0.15, 0.2) is 5.82 Å². The molecule has 100 valence electrons. The van der Waals surface area contributed by atoms with Crippen LogP contribution in [0.25, 0.3) is 0 Å². The van der Waals surface area contributed by atoms with Crippen LogP contribution >= 0.6 is 0 Å². The smallest absolute Gasteiger partial charge is 0.155 e. The van der Waals surface area contributed by atoms with Gasteiger partial charge in [0, 0.05) is 13.6 Å². The summed E-state index contributed by atoms with van der Waals surface area (Å²) in [5, 5.41) is 4.40. The molecule has 0 aliphatic carbocycles. The summed E-state index contributed by atoms with van der Waals surface area (Å²) in [4.78, 5) is 2.19. The van der Waals surface area contributed by atoms with Crippen molar-refractivity contribution in [1.82, 2.24) is 9.78 Å². The molecule has 1 aliphatic rings. The number of nitrogen functional groups attached to an aromatic ring is 1. The third-order valence-corrected chi connectivity index (χ3v) is 3.43. The second-order valence-electron chi connectivity index (χ2n) is 4.77. The maximum Gasteiger partial charge on any atom is 0.155 e. The molecule has 3 rings (SSSR count). The van der Waals surface area contributed by atoms with Gasteiger partial charge in [-0.15, -0.1) is 0 Å². The van der Waals surface area contributed by atoms with Crippen LogP contribution in [-0.4, -0.2) is 22.9 Å². The monoisotopic (exact) mass is 258 g/mol. The van der Waals surface area contributed by atoms with Gasteiger partial charge in [0.2, 0.25) is 0 Å². The lowest BCUT2D eigenvalue weighted by atomic mass is 10.2. The summed E-state index contributed by atoms with van der Waals surface area (Å²) in [6.45, 7) is 3.53. The number of para-hydroxylation sites is 2. The summed E-state index contributed by atoms with van der Waals surface area (Å²) in [5.41, 5.74) is 8.82. The quantitative estimate of drug-likeness (QED) is 0.852. The molecular weight excluding hydrogens is 240 g/mol. The molecule has 0 amide bonds. The van der Waals surface area contributed by atoms with Gasteiger partial charge in [0.25, 0.3) is 0 Å². The Labute approximate surface area is 112 Å². The molecule has 19 heavy (non-hydrogen) atoms. The molecule has 1 aromatic heterocycles. The zero-order chi connectivity index (χ0) is 13.4. The molecule has 2 heterocycles. The van der Waals surface area contributed by atoms with Crippen molar-refractivity contribution in [2.24, 2.45) is 7.05 Å². The largest absolute Gasteiger partial charge is 0.491 e. The predicted molar refractivity (Wildman–Crippen MR) is 75.9 cm³/mol. The Morgan fingerprint density at radius 1 is 1.32 bits per heavy atom. The number of aryl methyl sites for hydroxylation is 2. The fraction of sp³-hybridized carbons (Fsp3) is 0.357. The Morgan fingerprint density at radius 2 is 2.11 bits per heavy atom. The van der Waals surface area contributed by atoms with E-state index in [9.17, 15) is 0 Å². The highest BCUT2D eigenvalue weighted by atomic mass is 16.5. The van der Waals surface area contributed by atoms with Crippen molar-refractivity contribution in [2.45, 2.75) is 13.3 Å². The van der Waals surface area contributed by atoms with Gasteiger partial charge in [-0.2, -0.15) is 5.10 Å². The molecule has 0 atom stereocenters. The number of anilines is 3. The maximum atomic E-state index is 6.18. The molecule has 0 saturated carbocycles. The lowest BCUT2D eigenvalue weighted by molar-refractivity contribution is 0.322. The molecule has 2 aromatic rings. The molecule has 5 nitrogen and oxygen atoms in total. The van der Waals surface area contributed by atoms with Gasteiger partial charge in [-0.05, 0) is 25.5 Å². The van der Waals surface area contributed by atoms with Crippen LogP contribution in [0.4, 0.5) is 17.2 Å². The highest BCUT2D eigenvalue weighted by Gasteiger charge is 2.23. The predicted octanol–water partition coefficient (Wildman–Crippen LogP) is 2.23. The zero-order valence-corrected chi connectivity index (χ0v) is 11.3. The molecule has 5 heteroatoms. The summed E-state index contributed by atoms with van der Waals surface area (Å²) >= 11 is 0. The van der Waals surface area contributed by atoms with Gasteiger partial charge >= 0.3 is 0 Å². The van der Waals surface area contributed by atoms with Crippen LogP contribution in [0.1, 0.15) is 12.1 Å². The number of aromatic nitrogens is 2. The Hall–Kier alpha value is -2.17. The van der Waals surface area contributed by atoms with Crippen LogP contribution in [0.3, 0.4) is 0 Å². The highest BCUT2D eigenvalue weighted by molar-refractivity contribution is 5.76. The first-order chi connectivity index (χ1) is 9.18. The first kappa shape index (κ1) is 11.9. The van der Waals surface area contributed by atoms with Crippen LogP contribution in [0.15, 0.2) is 24.3 Å². The maximum absolute atomic E-state index is 6.18. The van der Waals surface area contributed by atoms with E-state index in [1.807, 2.05) is 36.9 Å². The molecule has 0 radical (unpaired) electrons. The van der Waals surface area contributed by atoms with Crippen LogP contribution in [0.2, 0.25) is 0 Å². The van der Waals surface area contributed by atoms with E-state index in [1.54, 1.807) is 0 Å². The molecular formula is C14H18N4O. The highest BCUT2D eigenvalue weighted by Crippen LogP contribution is 2.38. The Kier molecular flexibility index (Phi) is 2.81. The third kappa shape index (κ3) is 1.91. The lowest BCUT2D eigenvalue weighted by Gasteiger charge is -2.24.